The molecule has 0 aromatic heterocycles. The second-order valence-corrected chi connectivity index (χ2v) is 9.29. The van der Waals surface area contributed by atoms with Crippen LogP contribution in [0.3, 0.4) is 0 Å². The zero-order chi connectivity index (χ0) is 28.2. The van der Waals surface area contributed by atoms with Crippen LogP contribution in [0.5, 0.6) is 0 Å². The van der Waals surface area contributed by atoms with Gasteiger partial charge in [0.1, 0.15) is 0 Å². The van der Waals surface area contributed by atoms with Crippen molar-refractivity contribution in [3.8, 4) is 17.2 Å². The number of likely N-dealkylation sites (tertiary alicyclic amines) is 1. The Morgan fingerprint density at radius 3 is 2.38 bits per heavy atom. The zero-order valence-electron chi connectivity index (χ0n) is 21.9. The van der Waals surface area contributed by atoms with Crippen LogP contribution in [0.4, 0.5) is 0 Å². The number of aliphatic hydroxyl groups is 1. The van der Waals surface area contributed by atoms with Gasteiger partial charge in [-0.3, -0.25) is 14.4 Å². The number of aliphatic carboxylic acids is 1. The Morgan fingerprint density at radius 2 is 1.72 bits per heavy atom. The Morgan fingerprint density at radius 1 is 1.00 bits per heavy atom. The van der Waals surface area contributed by atoms with E-state index in [0.717, 1.165) is 31.1 Å². The third kappa shape index (κ3) is 8.00. The zero-order valence-corrected chi connectivity index (χ0v) is 21.9. The lowest BCUT2D eigenvalue weighted by molar-refractivity contribution is -0.142. The molecule has 0 radical (unpaired) electrons. The van der Waals surface area contributed by atoms with Crippen molar-refractivity contribution in [2.45, 2.75) is 31.7 Å². The van der Waals surface area contributed by atoms with E-state index in [-0.39, 0.29) is 30.8 Å². The van der Waals surface area contributed by atoms with Crippen LogP contribution in [0, 0.1) is 17.2 Å². The maximum Gasteiger partial charge on any atom is 0.304 e. The number of aliphatic hydroxyl groups excluding tert-OH is 1. The van der Waals surface area contributed by atoms with Crippen LogP contribution in [-0.2, 0) is 16.0 Å². The molecule has 39 heavy (non-hydrogen) atoms. The van der Waals surface area contributed by atoms with Gasteiger partial charge in [-0.05, 0) is 60.2 Å². The van der Waals surface area contributed by atoms with E-state index in [0.29, 0.717) is 24.1 Å². The monoisotopic (exact) mass is 527 g/mol. The number of hydrogen-bond acceptors (Lipinski definition) is 5. The van der Waals surface area contributed by atoms with E-state index >= 15 is 0 Å². The molecular formula is C31H33N3O5. The minimum Gasteiger partial charge on any atom is -0.481 e. The van der Waals surface area contributed by atoms with Crippen molar-refractivity contribution in [2.75, 3.05) is 20.2 Å². The van der Waals surface area contributed by atoms with Gasteiger partial charge in [0.15, 0.2) is 0 Å². The number of amides is 2. The number of carboxylic acids is 1. The van der Waals surface area contributed by atoms with E-state index in [1.807, 2.05) is 48.5 Å². The molecule has 8 nitrogen and oxygen atoms in total. The number of benzene rings is 3. The van der Waals surface area contributed by atoms with E-state index < -0.39 is 11.9 Å². The van der Waals surface area contributed by atoms with Crippen molar-refractivity contribution >= 4 is 17.8 Å². The summed E-state index contributed by atoms with van der Waals surface area (Å²) < 4.78 is 0. The van der Waals surface area contributed by atoms with Gasteiger partial charge in [-0.2, -0.15) is 5.26 Å². The molecule has 1 heterocycles. The smallest absolute Gasteiger partial charge is 0.304 e. The molecule has 3 N–H and O–H groups in total. The summed E-state index contributed by atoms with van der Waals surface area (Å²) in [5, 5.41) is 28.2. The molecule has 0 spiro atoms. The number of carbonyl (C=O) groups is 3. The van der Waals surface area contributed by atoms with Gasteiger partial charge in [-0.15, -0.1) is 0 Å². The summed E-state index contributed by atoms with van der Waals surface area (Å²) in [5.41, 5.74) is 4.00. The molecule has 1 aliphatic rings. The van der Waals surface area contributed by atoms with Crippen molar-refractivity contribution in [1.29, 1.82) is 5.26 Å². The Balaban J connectivity index is 0.00000205. The summed E-state index contributed by atoms with van der Waals surface area (Å²) in [4.78, 5) is 39.0. The third-order valence-corrected chi connectivity index (χ3v) is 6.73. The number of hydrogen-bond donors (Lipinski definition) is 3. The van der Waals surface area contributed by atoms with Crippen LogP contribution in [-0.4, -0.2) is 59.1 Å². The minimum atomic E-state index is -0.994. The van der Waals surface area contributed by atoms with E-state index in [1.165, 1.54) is 5.56 Å². The van der Waals surface area contributed by atoms with E-state index in [4.69, 9.17) is 10.4 Å². The van der Waals surface area contributed by atoms with Gasteiger partial charge in [0, 0.05) is 31.8 Å². The second kappa shape index (κ2) is 14.5. The van der Waals surface area contributed by atoms with Crippen molar-refractivity contribution in [3.05, 3.63) is 95.6 Å². The molecule has 0 aliphatic carbocycles. The van der Waals surface area contributed by atoms with Gasteiger partial charge in [0.2, 0.25) is 5.91 Å². The summed E-state index contributed by atoms with van der Waals surface area (Å²) in [5.74, 6) is -1.98. The number of carboxylic acid groups (broad SMARTS) is 1. The first-order valence-electron chi connectivity index (χ1n) is 12.8. The van der Waals surface area contributed by atoms with Crippen LogP contribution in [0.15, 0.2) is 78.9 Å². The second-order valence-electron chi connectivity index (χ2n) is 9.29. The molecule has 0 saturated carbocycles. The van der Waals surface area contributed by atoms with Crippen LogP contribution in [0.2, 0.25) is 0 Å². The molecule has 2 atom stereocenters. The summed E-state index contributed by atoms with van der Waals surface area (Å²) in [6.45, 7) is 0.770. The molecule has 3 aromatic carbocycles. The largest absolute Gasteiger partial charge is 0.481 e. The molecule has 202 valence electrons. The highest BCUT2D eigenvalue weighted by molar-refractivity contribution is 5.95. The number of nitrogens with one attached hydrogen (secondary N) is 1. The van der Waals surface area contributed by atoms with Crippen LogP contribution in [0.25, 0.3) is 11.1 Å². The normalized spacial score (nSPS) is 16.1. The highest BCUT2D eigenvalue weighted by Gasteiger charge is 2.40. The fraction of sp³-hybridized carbons (Fsp3) is 0.290. The molecule has 1 fully saturated rings. The molecular weight excluding hydrogens is 494 g/mol. The Bertz CT molecular complexity index is 1300. The van der Waals surface area contributed by atoms with E-state index in [1.54, 1.807) is 35.2 Å². The topological polar surface area (TPSA) is 131 Å². The lowest BCUT2D eigenvalue weighted by Crippen LogP contribution is -2.42. The van der Waals surface area contributed by atoms with Crippen LogP contribution in [0.1, 0.15) is 40.7 Å². The molecule has 0 unspecified atom stereocenters. The average Bonchev–Trinajstić information content (AvgIpc) is 3.26. The van der Waals surface area contributed by atoms with E-state index in [2.05, 4.69) is 11.4 Å². The van der Waals surface area contributed by atoms with Crippen molar-refractivity contribution in [1.82, 2.24) is 10.2 Å². The molecule has 0 bridgehead atoms. The summed E-state index contributed by atoms with van der Waals surface area (Å²) >= 11 is 0. The lowest BCUT2D eigenvalue weighted by atomic mass is 10.0. The van der Waals surface area contributed by atoms with Crippen LogP contribution >= 0.6 is 0 Å². The van der Waals surface area contributed by atoms with Gasteiger partial charge < -0.3 is 20.4 Å². The minimum absolute atomic E-state index is 0.155. The highest BCUT2D eigenvalue weighted by Crippen LogP contribution is 2.28. The maximum atomic E-state index is 13.0. The summed E-state index contributed by atoms with van der Waals surface area (Å²) in [7, 11) is 1.00. The molecule has 3 aromatic rings. The van der Waals surface area contributed by atoms with Gasteiger partial charge in [0.25, 0.3) is 5.91 Å². The molecule has 1 aliphatic heterocycles. The summed E-state index contributed by atoms with van der Waals surface area (Å²) in [6.07, 6.45) is 1.77. The SMILES string of the molecule is CO.N#Cc1ccc(-c2cccc(C(=O)NC[C@@H]3C[C@@H](CC(=O)O)C(=O)N3CCCc3ccccc3)c2)cc1. The number of nitriles is 1. The van der Waals surface area contributed by atoms with Crippen LogP contribution < -0.4 is 5.32 Å². The Kier molecular flexibility index (Phi) is 10.8. The summed E-state index contributed by atoms with van der Waals surface area (Å²) in [6, 6.07) is 26.2. The van der Waals surface area contributed by atoms with Crippen molar-refractivity contribution in [3.63, 3.8) is 0 Å². The highest BCUT2D eigenvalue weighted by atomic mass is 16.4. The van der Waals surface area contributed by atoms with Gasteiger partial charge in [-0.25, -0.2) is 0 Å². The molecule has 4 rings (SSSR count). The standard InChI is InChI=1S/C30H29N3O4.CH4O/c31-19-22-11-13-23(14-12-22)24-9-4-10-25(16-24)29(36)32-20-27-17-26(18-28(34)35)30(37)33(27)15-5-8-21-6-2-1-3-7-21;1-2/h1-4,6-7,9-14,16,26-27H,5,8,15,17-18,20H2,(H,32,36)(H,34,35);2H,1H3/t26-,27-;/m0./s1. The Hall–Kier alpha value is -4.48. The predicted octanol–water partition coefficient (Wildman–Crippen LogP) is 3.89. The lowest BCUT2D eigenvalue weighted by Gasteiger charge is -2.25. The van der Waals surface area contributed by atoms with Crippen molar-refractivity contribution < 1.29 is 24.6 Å². The predicted molar refractivity (Wildman–Crippen MR) is 148 cm³/mol. The first kappa shape index (κ1) is 29.1. The molecule has 1 saturated heterocycles. The molecule has 2 amide bonds. The van der Waals surface area contributed by atoms with Gasteiger partial charge in [-0.1, -0.05) is 54.6 Å². The van der Waals surface area contributed by atoms with E-state index in [9.17, 15) is 19.5 Å². The number of carbonyl (C=O) groups excluding carboxylic acids is 2. The number of nitrogens with zero attached hydrogens (tertiary/aromatic N) is 2. The number of rotatable bonds is 10. The molecule has 8 heteroatoms. The Labute approximate surface area is 228 Å². The average molecular weight is 528 g/mol. The van der Waals surface area contributed by atoms with Crippen molar-refractivity contribution in [2.24, 2.45) is 5.92 Å². The first-order valence-corrected chi connectivity index (χ1v) is 12.8. The third-order valence-electron chi connectivity index (χ3n) is 6.73. The fourth-order valence-corrected chi connectivity index (χ4v) is 4.83. The fourth-order valence-electron chi connectivity index (χ4n) is 4.83. The quantitative estimate of drug-likeness (QED) is 0.367. The van der Waals surface area contributed by atoms with Gasteiger partial charge in [0.05, 0.1) is 24.0 Å². The van der Waals surface area contributed by atoms with Gasteiger partial charge >= 0.3 is 5.97 Å². The maximum absolute atomic E-state index is 13.0. The number of aryl methyl sites for hydroxylation is 1. The first-order chi connectivity index (χ1) is 18.9.